The Balaban J connectivity index is 1.91. The van der Waals surface area contributed by atoms with Gasteiger partial charge in [-0.25, -0.2) is 0 Å². The monoisotopic (exact) mass is 317 g/mol. The molecule has 0 aliphatic heterocycles. The van der Waals surface area contributed by atoms with Crippen LogP contribution in [0.5, 0.6) is 0 Å². The van der Waals surface area contributed by atoms with Crippen LogP contribution in [0, 0.1) is 0 Å². The van der Waals surface area contributed by atoms with Gasteiger partial charge in [0.05, 0.1) is 0 Å². The first kappa shape index (κ1) is 14.8. The summed E-state index contributed by atoms with van der Waals surface area (Å²) in [5, 5.41) is 17.2. The third kappa shape index (κ3) is 2.53. The first-order valence-corrected chi connectivity index (χ1v) is 8.01. The lowest BCUT2D eigenvalue weighted by atomic mass is 9.87. The molecule has 1 N–H and O–H groups in total. The van der Waals surface area contributed by atoms with Crippen LogP contribution in [-0.2, 0) is 0 Å². The maximum atomic E-state index is 4.25. The minimum Gasteiger partial charge on any atom is -0.305 e. The maximum absolute atomic E-state index is 4.25. The fraction of sp³-hybridized carbons (Fsp3) is 0.211. The number of rotatable bonds is 4. The van der Waals surface area contributed by atoms with E-state index in [1.807, 2.05) is 0 Å². The van der Waals surface area contributed by atoms with E-state index in [-0.39, 0.29) is 5.92 Å². The Morgan fingerprint density at radius 1 is 1.12 bits per heavy atom. The molecule has 1 atom stereocenters. The lowest BCUT2D eigenvalue weighted by molar-refractivity contribution is 0.439. The molecule has 0 spiro atoms. The van der Waals surface area contributed by atoms with E-state index < -0.39 is 0 Å². The summed E-state index contributed by atoms with van der Waals surface area (Å²) in [6, 6.07) is 12.7. The standard InChI is InChI=1S/C19H19N5/c1-24(2)12-14-7-5-9-15(14)17-11-10-13-6-3-4-8-16(13)18(17)19-20-22-23-21-19/h3-11,15H,12H2,1-2H3,(H,20,21,22,23). The van der Waals surface area contributed by atoms with Gasteiger partial charge in [-0.2, -0.15) is 5.21 Å². The van der Waals surface area contributed by atoms with Crippen molar-refractivity contribution in [2.24, 2.45) is 0 Å². The van der Waals surface area contributed by atoms with Crippen LogP contribution >= 0.6 is 0 Å². The van der Waals surface area contributed by atoms with E-state index >= 15 is 0 Å². The zero-order chi connectivity index (χ0) is 16.5. The molecule has 0 bridgehead atoms. The highest BCUT2D eigenvalue weighted by atomic mass is 15.5. The van der Waals surface area contributed by atoms with Crippen molar-refractivity contribution in [2.75, 3.05) is 20.6 Å². The molecule has 24 heavy (non-hydrogen) atoms. The van der Waals surface area contributed by atoms with Gasteiger partial charge in [-0.1, -0.05) is 54.6 Å². The minimum atomic E-state index is 0.241. The second-order valence-electron chi connectivity index (χ2n) is 6.33. The van der Waals surface area contributed by atoms with Gasteiger partial charge in [0.25, 0.3) is 0 Å². The zero-order valence-electron chi connectivity index (χ0n) is 13.8. The van der Waals surface area contributed by atoms with Gasteiger partial charge in [0, 0.05) is 18.0 Å². The van der Waals surface area contributed by atoms with E-state index in [9.17, 15) is 0 Å². The Kier molecular flexibility index (Phi) is 3.70. The number of likely N-dealkylation sites (N-methyl/N-ethyl adjacent to an activating group) is 1. The average molecular weight is 317 g/mol. The predicted octanol–water partition coefficient (Wildman–Crippen LogP) is 3.16. The second kappa shape index (κ2) is 6.02. The van der Waals surface area contributed by atoms with Crippen molar-refractivity contribution in [1.29, 1.82) is 0 Å². The number of aromatic amines is 1. The Labute approximate surface area is 140 Å². The van der Waals surface area contributed by atoms with E-state index in [1.54, 1.807) is 0 Å². The van der Waals surface area contributed by atoms with E-state index in [0.29, 0.717) is 5.82 Å². The Morgan fingerprint density at radius 2 is 2.00 bits per heavy atom. The summed E-state index contributed by atoms with van der Waals surface area (Å²) in [5.41, 5.74) is 3.65. The van der Waals surface area contributed by atoms with Gasteiger partial charge in [0.1, 0.15) is 0 Å². The Morgan fingerprint density at radius 3 is 2.79 bits per heavy atom. The molecule has 5 nitrogen and oxygen atoms in total. The quantitative estimate of drug-likeness (QED) is 0.803. The largest absolute Gasteiger partial charge is 0.305 e. The molecule has 0 saturated heterocycles. The molecule has 2 aromatic carbocycles. The fourth-order valence-electron chi connectivity index (χ4n) is 3.40. The summed E-state index contributed by atoms with van der Waals surface area (Å²) in [6.07, 6.45) is 6.59. The van der Waals surface area contributed by atoms with Crippen LogP contribution in [0.2, 0.25) is 0 Å². The van der Waals surface area contributed by atoms with Crippen LogP contribution in [0.15, 0.2) is 60.2 Å². The van der Waals surface area contributed by atoms with Crippen LogP contribution in [0.3, 0.4) is 0 Å². The van der Waals surface area contributed by atoms with Gasteiger partial charge in [-0.05, 0) is 41.2 Å². The highest BCUT2D eigenvalue weighted by Crippen LogP contribution is 2.39. The van der Waals surface area contributed by atoms with E-state index in [2.05, 4.69) is 94.2 Å². The van der Waals surface area contributed by atoms with Crippen molar-refractivity contribution >= 4 is 10.8 Å². The number of aromatic nitrogens is 4. The molecule has 120 valence electrons. The molecule has 0 amide bonds. The van der Waals surface area contributed by atoms with Crippen LogP contribution in [0.1, 0.15) is 11.5 Å². The topological polar surface area (TPSA) is 57.7 Å². The highest BCUT2D eigenvalue weighted by molar-refractivity contribution is 5.97. The first-order valence-electron chi connectivity index (χ1n) is 8.01. The van der Waals surface area contributed by atoms with Crippen molar-refractivity contribution in [3.8, 4) is 11.4 Å². The van der Waals surface area contributed by atoms with Gasteiger partial charge in [-0.3, -0.25) is 0 Å². The second-order valence-corrected chi connectivity index (χ2v) is 6.33. The van der Waals surface area contributed by atoms with E-state index in [1.165, 1.54) is 16.5 Å². The van der Waals surface area contributed by atoms with Crippen molar-refractivity contribution in [3.63, 3.8) is 0 Å². The van der Waals surface area contributed by atoms with E-state index in [0.717, 1.165) is 17.5 Å². The highest BCUT2D eigenvalue weighted by Gasteiger charge is 2.23. The molecule has 5 heteroatoms. The molecular formula is C19H19N5. The van der Waals surface area contributed by atoms with Crippen molar-refractivity contribution < 1.29 is 0 Å². The van der Waals surface area contributed by atoms with Crippen molar-refractivity contribution in [3.05, 3.63) is 65.8 Å². The normalized spacial score (nSPS) is 17.0. The third-order valence-corrected chi connectivity index (χ3v) is 4.38. The van der Waals surface area contributed by atoms with Gasteiger partial charge in [-0.15, -0.1) is 10.2 Å². The lowest BCUT2D eigenvalue weighted by Crippen LogP contribution is -2.17. The van der Waals surface area contributed by atoms with E-state index in [4.69, 9.17) is 0 Å². The summed E-state index contributed by atoms with van der Waals surface area (Å²) in [6.45, 7) is 0.927. The first-order chi connectivity index (χ1) is 11.7. The summed E-state index contributed by atoms with van der Waals surface area (Å²) in [5.74, 6) is 0.886. The molecule has 1 aliphatic carbocycles. The van der Waals surface area contributed by atoms with Gasteiger partial charge in [0.2, 0.25) is 5.82 Å². The summed E-state index contributed by atoms with van der Waals surface area (Å²) < 4.78 is 0. The van der Waals surface area contributed by atoms with Gasteiger partial charge in [0.15, 0.2) is 0 Å². The number of nitrogens with one attached hydrogen (secondary N) is 1. The summed E-state index contributed by atoms with van der Waals surface area (Å²) in [7, 11) is 4.19. The summed E-state index contributed by atoms with van der Waals surface area (Å²) >= 11 is 0. The number of fused-ring (bicyclic) bond motifs is 1. The number of allylic oxidation sites excluding steroid dienone is 3. The number of nitrogens with zero attached hydrogens (tertiary/aromatic N) is 4. The minimum absolute atomic E-state index is 0.241. The molecule has 4 rings (SSSR count). The molecular weight excluding hydrogens is 298 g/mol. The third-order valence-electron chi connectivity index (χ3n) is 4.38. The van der Waals surface area contributed by atoms with Gasteiger partial charge < -0.3 is 4.90 Å². The molecule has 1 unspecified atom stereocenters. The summed E-state index contributed by atoms with van der Waals surface area (Å²) in [4.78, 5) is 2.20. The maximum Gasteiger partial charge on any atom is 0.205 e. The fourth-order valence-corrected chi connectivity index (χ4v) is 3.40. The molecule has 3 aromatic rings. The molecule has 0 radical (unpaired) electrons. The van der Waals surface area contributed by atoms with Crippen molar-refractivity contribution in [1.82, 2.24) is 25.5 Å². The number of benzene rings is 2. The van der Waals surface area contributed by atoms with Crippen LogP contribution in [-0.4, -0.2) is 46.2 Å². The van der Waals surface area contributed by atoms with Crippen LogP contribution in [0.4, 0.5) is 0 Å². The number of tetrazole rings is 1. The lowest BCUT2D eigenvalue weighted by Gasteiger charge is -2.21. The smallest absolute Gasteiger partial charge is 0.205 e. The Hall–Kier alpha value is -2.79. The van der Waals surface area contributed by atoms with Gasteiger partial charge >= 0.3 is 0 Å². The Bertz CT molecular complexity index is 922. The molecule has 1 heterocycles. The molecule has 0 saturated carbocycles. The SMILES string of the molecule is CN(C)CC1=CC=CC1c1ccc2ccccc2c1-c1nn[nH]n1. The number of hydrogen-bond acceptors (Lipinski definition) is 4. The predicted molar refractivity (Wildman–Crippen MR) is 95.6 cm³/mol. The molecule has 1 aliphatic rings. The molecule has 1 aromatic heterocycles. The van der Waals surface area contributed by atoms with Crippen LogP contribution < -0.4 is 0 Å². The van der Waals surface area contributed by atoms with Crippen LogP contribution in [0.25, 0.3) is 22.2 Å². The van der Waals surface area contributed by atoms with Crippen molar-refractivity contribution in [2.45, 2.75) is 5.92 Å². The number of H-pyrrole nitrogens is 1. The molecule has 0 fully saturated rings. The zero-order valence-corrected chi connectivity index (χ0v) is 13.8. The number of hydrogen-bond donors (Lipinski definition) is 1. The average Bonchev–Trinajstić information content (AvgIpc) is 3.25.